The second kappa shape index (κ2) is 6.88. The average Bonchev–Trinajstić information content (AvgIpc) is 2.95. The van der Waals surface area contributed by atoms with Crippen molar-refractivity contribution in [3.8, 4) is 17.1 Å². The Morgan fingerprint density at radius 3 is 2.38 bits per heavy atom. The summed E-state index contributed by atoms with van der Waals surface area (Å²) in [6, 6.07) is 10.9. The van der Waals surface area contributed by atoms with E-state index in [0.717, 1.165) is 17.3 Å². The summed E-state index contributed by atoms with van der Waals surface area (Å²) in [5.41, 5.74) is 0.742. The number of methoxy groups -OCH3 is 1. The molecule has 1 heterocycles. The van der Waals surface area contributed by atoms with E-state index < -0.39 is 11.6 Å². The molecule has 1 aromatic heterocycles. The minimum absolute atomic E-state index is 0.0171. The van der Waals surface area contributed by atoms with Crippen molar-refractivity contribution in [2.45, 2.75) is 10.9 Å². The molecule has 3 rings (SSSR count). The van der Waals surface area contributed by atoms with Gasteiger partial charge in [-0.15, -0.1) is 10.2 Å². The van der Waals surface area contributed by atoms with E-state index in [1.807, 2.05) is 0 Å². The Labute approximate surface area is 141 Å². The minimum atomic E-state index is -0.596. The van der Waals surface area contributed by atoms with Crippen molar-refractivity contribution >= 4 is 11.8 Å². The molecule has 24 heavy (non-hydrogen) atoms. The van der Waals surface area contributed by atoms with E-state index in [4.69, 9.17) is 10.6 Å². The Kier molecular flexibility index (Phi) is 4.66. The smallest absolute Gasteiger partial charge is 0.210 e. The van der Waals surface area contributed by atoms with Gasteiger partial charge in [0.25, 0.3) is 0 Å². The van der Waals surface area contributed by atoms with E-state index in [9.17, 15) is 8.78 Å². The molecule has 2 N–H and O–H groups in total. The second-order valence-corrected chi connectivity index (χ2v) is 5.84. The standard InChI is InChI=1S/C16H14F2N4OS/c1-23-11-7-5-10(6-8-11)15-20-21-16(22(15)19)24-9-12-13(17)3-2-4-14(12)18/h2-8H,9,19H2,1H3. The van der Waals surface area contributed by atoms with Gasteiger partial charge in [-0.05, 0) is 36.4 Å². The molecule has 124 valence electrons. The summed E-state index contributed by atoms with van der Waals surface area (Å²) in [7, 11) is 1.58. The first kappa shape index (κ1) is 16.3. The summed E-state index contributed by atoms with van der Waals surface area (Å²) in [6.45, 7) is 0. The molecule has 5 nitrogen and oxygen atoms in total. The molecule has 0 saturated heterocycles. The fourth-order valence-corrected chi connectivity index (χ4v) is 2.99. The molecular formula is C16H14F2N4OS. The van der Waals surface area contributed by atoms with E-state index in [1.165, 1.54) is 22.9 Å². The maximum atomic E-state index is 13.7. The number of hydrogen-bond acceptors (Lipinski definition) is 5. The van der Waals surface area contributed by atoms with Crippen LogP contribution in [0.3, 0.4) is 0 Å². The molecule has 0 aliphatic carbocycles. The van der Waals surface area contributed by atoms with Crippen molar-refractivity contribution in [2.24, 2.45) is 0 Å². The second-order valence-electron chi connectivity index (χ2n) is 4.89. The van der Waals surface area contributed by atoms with Crippen LogP contribution in [0.5, 0.6) is 5.75 Å². The number of benzene rings is 2. The lowest BCUT2D eigenvalue weighted by Gasteiger charge is -2.06. The van der Waals surface area contributed by atoms with Gasteiger partial charge in [0.2, 0.25) is 5.16 Å². The molecule has 8 heteroatoms. The summed E-state index contributed by atoms with van der Waals surface area (Å²) in [5, 5.41) is 8.39. The van der Waals surface area contributed by atoms with E-state index in [2.05, 4.69) is 10.2 Å². The van der Waals surface area contributed by atoms with Gasteiger partial charge in [0.05, 0.1) is 7.11 Å². The van der Waals surface area contributed by atoms with E-state index in [0.29, 0.717) is 16.7 Å². The highest BCUT2D eigenvalue weighted by molar-refractivity contribution is 7.98. The van der Waals surface area contributed by atoms with Gasteiger partial charge in [0, 0.05) is 16.9 Å². The number of nitrogens with zero attached hydrogens (tertiary/aromatic N) is 3. The van der Waals surface area contributed by atoms with Crippen LogP contribution in [0.4, 0.5) is 8.78 Å². The van der Waals surface area contributed by atoms with Gasteiger partial charge in [-0.3, -0.25) is 0 Å². The maximum absolute atomic E-state index is 13.7. The Hall–Kier alpha value is -2.61. The molecule has 0 aliphatic heterocycles. The van der Waals surface area contributed by atoms with Crippen LogP contribution in [0.25, 0.3) is 11.4 Å². The molecule has 0 unspecified atom stereocenters. The van der Waals surface area contributed by atoms with Gasteiger partial charge >= 0.3 is 0 Å². The topological polar surface area (TPSA) is 66.0 Å². The highest BCUT2D eigenvalue weighted by atomic mass is 32.2. The number of halogens is 2. The van der Waals surface area contributed by atoms with Crippen molar-refractivity contribution < 1.29 is 13.5 Å². The first-order valence-electron chi connectivity index (χ1n) is 7.00. The third kappa shape index (κ3) is 3.18. The van der Waals surface area contributed by atoms with E-state index in [-0.39, 0.29) is 11.3 Å². The van der Waals surface area contributed by atoms with Crippen LogP contribution in [0.2, 0.25) is 0 Å². The lowest BCUT2D eigenvalue weighted by Crippen LogP contribution is -2.11. The number of nitrogens with two attached hydrogens (primary N) is 1. The number of thioether (sulfide) groups is 1. The van der Waals surface area contributed by atoms with E-state index >= 15 is 0 Å². The first-order valence-corrected chi connectivity index (χ1v) is 7.99. The molecule has 0 saturated carbocycles. The van der Waals surface area contributed by atoms with Gasteiger partial charge in [-0.2, -0.15) is 0 Å². The molecule has 0 fully saturated rings. The Morgan fingerprint density at radius 2 is 1.75 bits per heavy atom. The molecule has 0 atom stereocenters. The lowest BCUT2D eigenvalue weighted by atomic mass is 10.2. The molecule has 2 aromatic carbocycles. The van der Waals surface area contributed by atoms with Crippen molar-refractivity contribution in [1.29, 1.82) is 0 Å². The number of aromatic nitrogens is 3. The molecule has 0 aliphatic rings. The zero-order valence-electron chi connectivity index (χ0n) is 12.7. The summed E-state index contributed by atoms with van der Waals surface area (Å²) in [6.07, 6.45) is 0. The number of ether oxygens (including phenoxy) is 1. The van der Waals surface area contributed by atoms with Gasteiger partial charge < -0.3 is 10.6 Å². The summed E-state index contributed by atoms with van der Waals surface area (Å²) in [4.78, 5) is 0. The fraction of sp³-hybridized carbons (Fsp3) is 0.125. The summed E-state index contributed by atoms with van der Waals surface area (Å²) in [5.74, 6) is 6.04. The summed E-state index contributed by atoms with van der Waals surface area (Å²) >= 11 is 1.11. The Morgan fingerprint density at radius 1 is 1.08 bits per heavy atom. The van der Waals surface area contributed by atoms with Crippen LogP contribution in [0.15, 0.2) is 47.6 Å². The predicted molar refractivity (Wildman–Crippen MR) is 88.1 cm³/mol. The first-order chi connectivity index (χ1) is 11.6. The van der Waals surface area contributed by atoms with Crippen LogP contribution in [0.1, 0.15) is 5.56 Å². The van der Waals surface area contributed by atoms with E-state index in [1.54, 1.807) is 31.4 Å². The third-order valence-electron chi connectivity index (χ3n) is 3.42. The minimum Gasteiger partial charge on any atom is -0.497 e. The highest BCUT2D eigenvalue weighted by Crippen LogP contribution is 2.27. The number of nitrogen functional groups attached to an aromatic ring is 1. The third-order valence-corrected chi connectivity index (χ3v) is 4.39. The zero-order chi connectivity index (χ0) is 17.1. The van der Waals surface area contributed by atoms with Crippen LogP contribution in [0, 0.1) is 11.6 Å². The van der Waals surface area contributed by atoms with Gasteiger partial charge in [0.15, 0.2) is 5.82 Å². The number of hydrogen-bond donors (Lipinski definition) is 1. The zero-order valence-corrected chi connectivity index (χ0v) is 13.6. The van der Waals surface area contributed by atoms with Crippen LogP contribution in [-0.4, -0.2) is 22.0 Å². The van der Waals surface area contributed by atoms with Crippen molar-refractivity contribution in [1.82, 2.24) is 14.9 Å². The number of rotatable bonds is 5. The molecule has 0 bridgehead atoms. The predicted octanol–water partition coefficient (Wildman–Crippen LogP) is 3.24. The van der Waals surface area contributed by atoms with Crippen molar-refractivity contribution in [3.63, 3.8) is 0 Å². The van der Waals surface area contributed by atoms with Crippen LogP contribution < -0.4 is 10.6 Å². The molecule has 0 amide bonds. The Balaban J connectivity index is 1.80. The molecule has 3 aromatic rings. The van der Waals surface area contributed by atoms with Crippen molar-refractivity contribution in [3.05, 3.63) is 59.7 Å². The SMILES string of the molecule is COc1ccc(-c2nnc(SCc3c(F)cccc3F)n2N)cc1. The molecule has 0 spiro atoms. The van der Waals surface area contributed by atoms with Crippen LogP contribution >= 0.6 is 11.8 Å². The average molecular weight is 348 g/mol. The monoisotopic (exact) mass is 348 g/mol. The molecule has 0 radical (unpaired) electrons. The van der Waals surface area contributed by atoms with Gasteiger partial charge in [-0.1, -0.05) is 17.8 Å². The van der Waals surface area contributed by atoms with Gasteiger partial charge in [-0.25, -0.2) is 13.5 Å². The maximum Gasteiger partial charge on any atom is 0.210 e. The summed E-state index contributed by atoms with van der Waals surface area (Å²) < 4.78 is 33.7. The Bertz CT molecular complexity index is 832. The van der Waals surface area contributed by atoms with Gasteiger partial charge in [0.1, 0.15) is 17.4 Å². The fourth-order valence-electron chi connectivity index (χ4n) is 2.12. The lowest BCUT2D eigenvalue weighted by molar-refractivity contribution is 0.415. The highest BCUT2D eigenvalue weighted by Gasteiger charge is 2.15. The molecular weight excluding hydrogens is 334 g/mol. The van der Waals surface area contributed by atoms with Crippen LogP contribution in [-0.2, 0) is 5.75 Å². The largest absolute Gasteiger partial charge is 0.497 e. The normalized spacial score (nSPS) is 10.8. The van der Waals surface area contributed by atoms with Crippen molar-refractivity contribution in [2.75, 3.05) is 13.0 Å². The quantitative estimate of drug-likeness (QED) is 0.566.